The van der Waals surface area contributed by atoms with Gasteiger partial charge in [-0.05, 0) is 31.7 Å². The number of benzene rings is 1. The Labute approximate surface area is 122 Å². The number of hydrogen-bond donors (Lipinski definition) is 3. The molecule has 0 saturated heterocycles. The predicted octanol–water partition coefficient (Wildman–Crippen LogP) is 0.427. The molecule has 114 valence electrons. The SMILES string of the molecule is CNS(=O)(=O)c1ccc(C)c(NS(=O)(=O)c2cnc[nH]2)c1. The van der Waals surface area contributed by atoms with Gasteiger partial charge in [-0.3, -0.25) is 4.72 Å². The lowest BCUT2D eigenvalue weighted by atomic mass is 10.2. The van der Waals surface area contributed by atoms with Crippen LogP contribution in [0.25, 0.3) is 0 Å². The van der Waals surface area contributed by atoms with E-state index in [2.05, 4.69) is 19.4 Å². The molecule has 2 aromatic rings. The van der Waals surface area contributed by atoms with Crippen LogP contribution in [0.1, 0.15) is 5.56 Å². The molecular formula is C11H14N4O4S2. The summed E-state index contributed by atoms with van der Waals surface area (Å²) in [5.41, 5.74) is 0.772. The monoisotopic (exact) mass is 330 g/mol. The Kier molecular flexibility index (Phi) is 4.03. The van der Waals surface area contributed by atoms with Crippen LogP contribution in [0.2, 0.25) is 0 Å². The number of rotatable bonds is 5. The summed E-state index contributed by atoms with van der Waals surface area (Å²) < 4.78 is 52.2. The number of aromatic nitrogens is 2. The Balaban J connectivity index is 2.44. The Morgan fingerprint density at radius 2 is 1.86 bits per heavy atom. The van der Waals surface area contributed by atoms with Gasteiger partial charge in [-0.15, -0.1) is 0 Å². The van der Waals surface area contributed by atoms with Gasteiger partial charge in [0.2, 0.25) is 10.0 Å². The molecule has 10 heteroatoms. The molecule has 8 nitrogen and oxygen atoms in total. The molecule has 0 bridgehead atoms. The van der Waals surface area contributed by atoms with Crippen molar-refractivity contribution in [3.05, 3.63) is 36.3 Å². The smallest absolute Gasteiger partial charge is 0.278 e. The van der Waals surface area contributed by atoms with Gasteiger partial charge in [-0.1, -0.05) is 6.07 Å². The van der Waals surface area contributed by atoms with Gasteiger partial charge in [-0.25, -0.2) is 18.1 Å². The highest BCUT2D eigenvalue weighted by Crippen LogP contribution is 2.22. The molecule has 0 aliphatic rings. The molecule has 1 aromatic heterocycles. The first kappa shape index (κ1) is 15.5. The Morgan fingerprint density at radius 3 is 2.43 bits per heavy atom. The third-order valence-electron chi connectivity index (χ3n) is 2.80. The Hall–Kier alpha value is -1.91. The molecule has 0 saturated carbocycles. The lowest BCUT2D eigenvalue weighted by Crippen LogP contribution is -2.19. The van der Waals surface area contributed by atoms with Gasteiger partial charge in [0.1, 0.15) is 0 Å². The lowest BCUT2D eigenvalue weighted by Gasteiger charge is -2.11. The summed E-state index contributed by atoms with van der Waals surface area (Å²) in [6.45, 7) is 1.67. The van der Waals surface area contributed by atoms with E-state index < -0.39 is 20.0 Å². The normalized spacial score (nSPS) is 12.3. The number of nitrogens with one attached hydrogen (secondary N) is 3. The van der Waals surface area contributed by atoms with Crippen LogP contribution in [0.4, 0.5) is 5.69 Å². The van der Waals surface area contributed by atoms with Gasteiger partial charge >= 0.3 is 0 Å². The van der Waals surface area contributed by atoms with Crippen LogP contribution < -0.4 is 9.44 Å². The zero-order valence-electron chi connectivity index (χ0n) is 11.3. The van der Waals surface area contributed by atoms with Gasteiger partial charge in [-0.2, -0.15) is 8.42 Å². The summed E-state index contributed by atoms with van der Waals surface area (Å²) in [7, 11) is -6.22. The highest BCUT2D eigenvalue weighted by molar-refractivity contribution is 7.92. The highest BCUT2D eigenvalue weighted by Gasteiger charge is 2.19. The topological polar surface area (TPSA) is 121 Å². The van der Waals surface area contributed by atoms with Crippen molar-refractivity contribution in [1.82, 2.24) is 14.7 Å². The van der Waals surface area contributed by atoms with Crippen molar-refractivity contribution in [2.24, 2.45) is 0 Å². The molecule has 0 fully saturated rings. The fourth-order valence-corrected chi connectivity index (χ4v) is 3.37. The van der Waals surface area contributed by atoms with Gasteiger partial charge in [0, 0.05) is 0 Å². The van der Waals surface area contributed by atoms with E-state index in [4.69, 9.17) is 0 Å². The second-order valence-corrected chi connectivity index (χ2v) is 7.74. The summed E-state index contributed by atoms with van der Waals surface area (Å²) in [5, 5.41) is -0.108. The van der Waals surface area contributed by atoms with Crippen molar-refractivity contribution < 1.29 is 16.8 Å². The molecule has 0 spiro atoms. The zero-order chi connectivity index (χ0) is 15.7. The maximum Gasteiger partial charge on any atom is 0.278 e. The number of nitrogens with zero attached hydrogens (tertiary/aromatic N) is 1. The minimum absolute atomic E-state index is 0.0297. The van der Waals surface area contributed by atoms with Gasteiger partial charge in [0.05, 0.1) is 23.1 Å². The molecule has 1 aromatic carbocycles. The maximum atomic E-state index is 12.1. The zero-order valence-corrected chi connectivity index (χ0v) is 12.9. The first-order valence-corrected chi connectivity index (χ1v) is 8.78. The van der Waals surface area contributed by atoms with Crippen LogP contribution in [0, 0.1) is 6.92 Å². The molecule has 2 rings (SSSR count). The van der Waals surface area contributed by atoms with Crippen LogP contribution in [0.15, 0.2) is 40.6 Å². The molecule has 0 aliphatic heterocycles. The van der Waals surface area contributed by atoms with E-state index in [0.29, 0.717) is 5.56 Å². The average molecular weight is 330 g/mol. The minimum Gasteiger partial charge on any atom is -0.334 e. The van der Waals surface area contributed by atoms with E-state index in [0.717, 1.165) is 6.20 Å². The number of hydrogen-bond acceptors (Lipinski definition) is 5. The number of H-pyrrole nitrogens is 1. The Bertz CT molecular complexity index is 842. The molecule has 0 atom stereocenters. The van der Waals surface area contributed by atoms with Crippen LogP contribution in [0.5, 0.6) is 0 Å². The van der Waals surface area contributed by atoms with Crippen molar-refractivity contribution in [3.8, 4) is 0 Å². The van der Waals surface area contributed by atoms with E-state index in [-0.39, 0.29) is 15.6 Å². The first-order chi connectivity index (χ1) is 9.76. The average Bonchev–Trinajstić information content (AvgIpc) is 2.95. The van der Waals surface area contributed by atoms with Crippen LogP contribution in [-0.2, 0) is 20.0 Å². The van der Waals surface area contributed by atoms with Crippen LogP contribution in [0.3, 0.4) is 0 Å². The molecule has 21 heavy (non-hydrogen) atoms. The molecular weight excluding hydrogens is 316 g/mol. The fraction of sp³-hybridized carbons (Fsp3) is 0.182. The van der Waals surface area contributed by atoms with E-state index in [9.17, 15) is 16.8 Å². The molecule has 1 heterocycles. The number of aromatic amines is 1. The van der Waals surface area contributed by atoms with E-state index >= 15 is 0 Å². The quantitative estimate of drug-likeness (QED) is 0.734. The lowest BCUT2D eigenvalue weighted by molar-refractivity contribution is 0.587. The van der Waals surface area contributed by atoms with E-state index in [1.54, 1.807) is 6.92 Å². The third-order valence-corrected chi connectivity index (χ3v) is 5.50. The molecule has 0 unspecified atom stereocenters. The van der Waals surface area contributed by atoms with Crippen molar-refractivity contribution in [1.29, 1.82) is 0 Å². The van der Waals surface area contributed by atoms with Gasteiger partial charge in [0.15, 0.2) is 5.03 Å². The second kappa shape index (κ2) is 5.47. The Morgan fingerprint density at radius 1 is 1.14 bits per heavy atom. The first-order valence-electron chi connectivity index (χ1n) is 5.81. The third kappa shape index (κ3) is 3.23. The second-order valence-electron chi connectivity index (χ2n) is 4.21. The van der Waals surface area contributed by atoms with Crippen molar-refractivity contribution >= 4 is 25.7 Å². The summed E-state index contributed by atoms with van der Waals surface area (Å²) in [6, 6.07) is 4.18. The minimum atomic E-state index is -3.84. The van der Waals surface area contributed by atoms with Crippen molar-refractivity contribution in [2.75, 3.05) is 11.8 Å². The number of sulfonamides is 2. The highest BCUT2D eigenvalue weighted by atomic mass is 32.2. The van der Waals surface area contributed by atoms with Crippen molar-refractivity contribution in [3.63, 3.8) is 0 Å². The summed E-state index contributed by atoms with van der Waals surface area (Å²) in [4.78, 5) is 6.09. The summed E-state index contributed by atoms with van der Waals surface area (Å²) >= 11 is 0. The van der Waals surface area contributed by atoms with Gasteiger partial charge in [0.25, 0.3) is 10.0 Å². The van der Waals surface area contributed by atoms with Crippen LogP contribution >= 0.6 is 0 Å². The maximum absolute atomic E-state index is 12.1. The predicted molar refractivity (Wildman–Crippen MR) is 76.8 cm³/mol. The molecule has 0 amide bonds. The van der Waals surface area contributed by atoms with Gasteiger partial charge < -0.3 is 4.98 Å². The summed E-state index contributed by atoms with van der Waals surface area (Å²) in [6.07, 6.45) is 2.40. The number of imidazole rings is 1. The molecule has 0 radical (unpaired) electrons. The molecule has 3 N–H and O–H groups in total. The number of anilines is 1. The fourth-order valence-electron chi connectivity index (χ4n) is 1.59. The van der Waals surface area contributed by atoms with E-state index in [1.165, 1.54) is 31.6 Å². The largest absolute Gasteiger partial charge is 0.334 e. The van der Waals surface area contributed by atoms with Crippen LogP contribution in [-0.4, -0.2) is 33.9 Å². The number of aryl methyl sites for hydroxylation is 1. The summed E-state index contributed by atoms with van der Waals surface area (Å²) in [5.74, 6) is 0. The van der Waals surface area contributed by atoms with Crippen molar-refractivity contribution in [2.45, 2.75) is 16.8 Å². The van der Waals surface area contributed by atoms with E-state index in [1.807, 2.05) is 0 Å². The molecule has 0 aliphatic carbocycles. The standard InChI is InChI=1S/C11H14N4O4S2/c1-8-3-4-9(20(16,17)12-2)5-10(8)15-21(18,19)11-6-13-7-14-11/h3-7,12,15H,1-2H3,(H,13,14).